The van der Waals surface area contributed by atoms with Crippen LogP contribution in [0.5, 0.6) is 0 Å². The molecule has 2 atom stereocenters. The summed E-state index contributed by atoms with van der Waals surface area (Å²) in [6, 6.07) is 17.8. The lowest BCUT2D eigenvalue weighted by molar-refractivity contribution is -0.207. The van der Waals surface area contributed by atoms with Gasteiger partial charge < -0.3 is 9.66 Å². The minimum absolute atomic E-state index is 0.0519. The fraction of sp³-hybridized carbons (Fsp3) is 0.129. The summed E-state index contributed by atoms with van der Waals surface area (Å²) in [4.78, 5) is 4.37. The van der Waals surface area contributed by atoms with Crippen LogP contribution >= 0.6 is 0 Å². The van der Waals surface area contributed by atoms with Crippen LogP contribution < -0.4 is 0 Å². The highest BCUT2D eigenvalue weighted by Crippen LogP contribution is 2.50. The number of tetrazole rings is 1. The maximum absolute atomic E-state index is 15.9. The summed E-state index contributed by atoms with van der Waals surface area (Å²) in [7, 11) is 0. The molecule has 0 aliphatic carbocycles. The number of nitriles is 1. The Labute approximate surface area is 250 Å². The summed E-state index contributed by atoms with van der Waals surface area (Å²) >= 11 is -1.47. The number of benzene rings is 3. The zero-order chi connectivity index (χ0) is 31.1. The summed E-state index contributed by atoms with van der Waals surface area (Å²) < 4.78 is 73.3. The molecule has 6 rings (SSSR count). The Kier molecular flexibility index (Phi) is 7.39. The number of alkyl halides is 2. The van der Waals surface area contributed by atoms with E-state index in [2.05, 4.69) is 32.4 Å². The maximum atomic E-state index is 15.9. The van der Waals surface area contributed by atoms with Crippen molar-refractivity contribution < 1.29 is 27.2 Å². The lowest BCUT2D eigenvalue weighted by Crippen LogP contribution is -2.49. The molecule has 1 aliphatic heterocycles. The number of rotatable bonds is 5. The van der Waals surface area contributed by atoms with Gasteiger partial charge in [-0.1, -0.05) is 24.0 Å². The van der Waals surface area contributed by atoms with E-state index in [9.17, 15) is 18.4 Å². The van der Waals surface area contributed by atoms with E-state index in [0.717, 1.165) is 35.1 Å². The van der Waals surface area contributed by atoms with Gasteiger partial charge in [0.1, 0.15) is 29.2 Å². The Hall–Kier alpha value is -5.08. The fourth-order valence-corrected chi connectivity index (χ4v) is 5.90. The van der Waals surface area contributed by atoms with Crippen LogP contribution in [-0.2, 0) is 35.0 Å². The normalized spacial score (nSPS) is 16.2. The van der Waals surface area contributed by atoms with E-state index in [4.69, 9.17) is 5.26 Å². The summed E-state index contributed by atoms with van der Waals surface area (Å²) in [5.74, 6) is 0.532. The first-order chi connectivity index (χ1) is 21.1. The average Bonchev–Trinajstić information content (AvgIpc) is 3.49. The first-order valence-corrected chi connectivity index (χ1v) is 14.2. The van der Waals surface area contributed by atoms with Gasteiger partial charge >= 0.3 is 5.92 Å². The van der Waals surface area contributed by atoms with Gasteiger partial charge in [0.15, 0.2) is 16.3 Å². The molecule has 0 saturated heterocycles. The molecule has 0 bridgehead atoms. The molecule has 8 nitrogen and oxygen atoms in total. The van der Waals surface area contributed by atoms with Crippen molar-refractivity contribution in [3.05, 3.63) is 124 Å². The van der Waals surface area contributed by atoms with Crippen LogP contribution in [0.15, 0.2) is 83.9 Å². The van der Waals surface area contributed by atoms with Crippen molar-refractivity contribution >= 4 is 11.2 Å². The number of halogens is 4. The first kappa shape index (κ1) is 29.0. The third-order valence-corrected chi connectivity index (χ3v) is 8.50. The first-order valence-electron chi connectivity index (χ1n) is 12.9. The molecule has 44 heavy (non-hydrogen) atoms. The number of fused-ring (bicyclic) bond motifs is 3. The van der Waals surface area contributed by atoms with Crippen LogP contribution in [0.3, 0.4) is 0 Å². The van der Waals surface area contributed by atoms with Crippen molar-refractivity contribution in [2.45, 2.75) is 28.7 Å². The van der Waals surface area contributed by atoms with Gasteiger partial charge in [0.05, 0.1) is 12.1 Å². The Morgan fingerprint density at radius 2 is 1.75 bits per heavy atom. The number of aromatic nitrogens is 5. The lowest BCUT2D eigenvalue weighted by Gasteiger charge is -2.39. The summed E-state index contributed by atoms with van der Waals surface area (Å²) in [5.41, 5.74) is -2.56. The van der Waals surface area contributed by atoms with Gasteiger partial charge in [-0.2, -0.15) is 14.0 Å². The molecule has 5 aromatic rings. The number of pyridine rings is 1. The van der Waals surface area contributed by atoms with Crippen molar-refractivity contribution in [2.75, 3.05) is 0 Å². The van der Waals surface area contributed by atoms with Gasteiger partial charge in [0.25, 0.3) is 0 Å². The standard InChI is InChI=1S/C31H18F4N6O2S/c32-23-8-11-26-25(14-23)29-38-39-40-41(29)18-30(26,42)31(34,35)28-12-6-20(16-37-28)2-1-19-4-9-24(10-5-19)44(43)17-21-3-7-22(15-36)27(33)13-21/h3-14,16,42H,17-18H2. The second kappa shape index (κ2) is 11.2. The average molecular weight is 615 g/mol. The SMILES string of the molecule is N#Cc1ccc(C[S+]([O-])c2ccc(C#Cc3ccc(C(F)(F)C4(O)Cn5nnnc5-c5cc(F)ccc54)nc3)cc2)cc1F. The molecule has 0 amide bonds. The highest BCUT2D eigenvalue weighted by atomic mass is 32.2. The zero-order valence-corrected chi connectivity index (χ0v) is 23.2. The van der Waals surface area contributed by atoms with Gasteiger partial charge in [0.2, 0.25) is 0 Å². The smallest absolute Gasteiger partial charge is 0.323 e. The van der Waals surface area contributed by atoms with Crippen molar-refractivity contribution in [1.82, 2.24) is 25.2 Å². The Balaban J connectivity index is 1.18. The molecule has 0 radical (unpaired) electrons. The second-order valence-electron chi connectivity index (χ2n) is 9.91. The third-order valence-electron chi connectivity index (χ3n) is 7.10. The Bertz CT molecular complexity index is 1980. The lowest BCUT2D eigenvalue weighted by atomic mass is 9.80. The van der Waals surface area contributed by atoms with Crippen LogP contribution in [0.2, 0.25) is 0 Å². The van der Waals surface area contributed by atoms with Crippen molar-refractivity contribution in [2.24, 2.45) is 0 Å². The summed E-state index contributed by atoms with van der Waals surface area (Å²) in [6.07, 6.45) is 1.15. The van der Waals surface area contributed by atoms with E-state index >= 15 is 8.78 Å². The van der Waals surface area contributed by atoms with E-state index in [0.29, 0.717) is 21.6 Å². The quantitative estimate of drug-likeness (QED) is 0.175. The third kappa shape index (κ3) is 5.18. The molecule has 3 aromatic carbocycles. The Morgan fingerprint density at radius 3 is 2.45 bits per heavy atom. The van der Waals surface area contributed by atoms with Gasteiger partial charge in [-0.15, -0.1) is 5.10 Å². The molecule has 0 spiro atoms. The van der Waals surface area contributed by atoms with Crippen LogP contribution in [0.4, 0.5) is 17.6 Å². The Morgan fingerprint density at radius 1 is 1.00 bits per heavy atom. The molecule has 0 saturated carbocycles. The molecule has 218 valence electrons. The summed E-state index contributed by atoms with van der Waals surface area (Å²) in [6.45, 7) is -0.685. The fourth-order valence-electron chi connectivity index (χ4n) is 4.81. The molecule has 2 aromatic heterocycles. The van der Waals surface area contributed by atoms with E-state index < -0.39 is 46.6 Å². The van der Waals surface area contributed by atoms with Gasteiger partial charge in [-0.3, -0.25) is 4.98 Å². The molecule has 0 fully saturated rings. The molecule has 2 unspecified atom stereocenters. The van der Waals surface area contributed by atoms with Crippen molar-refractivity contribution in [3.8, 4) is 29.3 Å². The van der Waals surface area contributed by atoms with Gasteiger partial charge in [0, 0.05) is 34.0 Å². The van der Waals surface area contributed by atoms with Crippen LogP contribution in [0.1, 0.15) is 33.5 Å². The molecular formula is C31H18F4N6O2S. The van der Waals surface area contributed by atoms with Crippen molar-refractivity contribution in [3.63, 3.8) is 0 Å². The number of hydrogen-bond acceptors (Lipinski definition) is 7. The number of aliphatic hydroxyl groups is 1. The predicted molar refractivity (Wildman–Crippen MR) is 149 cm³/mol. The van der Waals surface area contributed by atoms with E-state index in [1.807, 2.05) is 0 Å². The molecule has 13 heteroatoms. The van der Waals surface area contributed by atoms with Crippen molar-refractivity contribution in [1.29, 1.82) is 5.26 Å². The second-order valence-corrected chi connectivity index (χ2v) is 11.4. The topological polar surface area (TPSA) is 124 Å². The zero-order valence-electron chi connectivity index (χ0n) is 22.4. The van der Waals surface area contributed by atoms with Crippen LogP contribution in [-0.4, -0.2) is 34.9 Å². The van der Waals surface area contributed by atoms with E-state index in [-0.39, 0.29) is 28.3 Å². The summed E-state index contributed by atoms with van der Waals surface area (Å²) in [5, 5.41) is 31.1. The van der Waals surface area contributed by atoms with Crippen LogP contribution in [0, 0.1) is 34.8 Å². The van der Waals surface area contributed by atoms with E-state index in [1.54, 1.807) is 36.4 Å². The molecule has 1 N–H and O–H groups in total. The molecule has 3 heterocycles. The minimum Gasteiger partial charge on any atom is -0.611 e. The number of nitrogens with zero attached hydrogens (tertiary/aromatic N) is 6. The van der Waals surface area contributed by atoms with Gasteiger partial charge in [-0.05, 0) is 82.3 Å². The monoisotopic (exact) mass is 614 g/mol. The predicted octanol–water partition coefficient (Wildman–Crippen LogP) is 4.59. The number of hydrogen-bond donors (Lipinski definition) is 1. The molecular weight excluding hydrogens is 596 g/mol. The highest BCUT2D eigenvalue weighted by Gasteiger charge is 2.59. The maximum Gasteiger partial charge on any atom is 0.323 e. The minimum atomic E-state index is -3.93. The highest BCUT2D eigenvalue weighted by molar-refractivity contribution is 7.90. The van der Waals surface area contributed by atoms with E-state index in [1.165, 1.54) is 18.2 Å². The largest absolute Gasteiger partial charge is 0.611 e. The van der Waals surface area contributed by atoms with Crippen LogP contribution in [0.25, 0.3) is 11.4 Å². The molecule has 1 aliphatic rings. The van der Waals surface area contributed by atoms with Gasteiger partial charge in [-0.25, -0.2) is 13.5 Å².